The zero-order valence-electron chi connectivity index (χ0n) is 22.9. The van der Waals surface area contributed by atoms with E-state index in [4.69, 9.17) is 4.74 Å². The lowest BCUT2D eigenvalue weighted by Gasteiger charge is -2.32. The van der Waals surface area contributed by atoms with Crippen LogP contribution in [-0.2, 0) is 41.6 Å². The van der Waals surface area contributed by atoms with Crippen molar-refractivity contribution in [1.29, 1.82) is 0 Å². The van der Waals surface area contributed by atoms with Gasteiger partial charge in [0.15, 0.2) is 0 Å². The van der Waals surface area contributed by atoms with Gasteiger partial charge in [0, 0.05) is 39.1 Å². The van der Waals surface area contributed by atoms with Gasteiger partial charge in [-0.1, -0.05) is 36.4 Å². The summed E-state index contributed by atoms with van der Waals surface area (Å²) in [6, 6.07) is 11.3. The fraction of sp³-hybridized carbons (Fsp3) is 0.517. The molecule has 0 radical (unpaired) electrons. The lowest BCUT2D eigenvalue weighted by Crippen LogP contribution is -2.40. The number of likely N-dealkylation sites (N-methyl/N-ethyl adjacent to an activating group) is 1. The number of aryl methyl sites for hydroxylation is 1. The molecule has 2 amide bonds. The molecule has 0 spiro atoms. The number of hydrogen-bond acceptors (Lipinski definition) is 4. The van der Waals surface area contributed by atoms with Crippen molar-refractivity contribution < 1.29 is 27.5 Å². The van der Waals surface area contributed by atoms with Gasteiger partial charge in [-0.05, 0) is 76.0 Å². The molecule has 6 nitrogen and oxygen atoms in total. The van der Waals surface area contributed by atoms with Crippen molar-refractivity contribution in [2.45, 2.75) is 64.9 Å². The first-order valence-corrected chi connectivity index (χ1v) is 12.9. The number of carbonyl (C=O) groups excluding carboxylic acids is 2. The van der Waals surface area contributed by atoms with Gasteiger partial charge < -0.3 is 19.4 Å². The summed E-state index contributed by atoms with van der Waals surface area (Å²) in [6.45, 7) is 7.24. The Morgan fingerprint density at radius 2 is 1.66 bits per heavy atom. The molecule has 0 N–H and O–H groups in total. The van der Waals surface area contributed by atoms with Crippen LogP contribution in [0.15, 0.2) is 42.5 Å². The maximum absolute atomic E-state index is 13.6. The Bertz CT molecular complexity index is 1130. The summed E-state index contributed by atoms with van der Waals surface area (Å²) in [7, 11) is 3.73. The second-order valence-corrected chi connectivity index (χ2v) is 11.0. The van der Waals surface area contributed by atoms with E-state index in [0.29, 0.717) is 39.0 Å². The van der Waals surface area contributed by atoms with Gasteiger partial charge >= 0.3 is 12.3 Å². The number of amides is 2. The summed E-state index contributed by atoms with van der Waals surface area (Å²) in [6.07, 6.45) is -3.51. The molecule has 0 fully saturated rings. The average molecular weight is 534 g/mol. The number of rotatable bonds is 8. The van der Waals surface area contributed by atoms with E-state index >= 15 is 0 Å². The quantitative estimate of drug-likeness (QED) is 0.448. The summed E-state index contributed by atoms with van der Waals surface area (Å²) >= 11 is 0. The van der Waals surface area contributed by atoms with E-state index in [9.17, 15) is 22.8 Å². The summed E-state index contributed by atoms with van der Waals surface area (Å²) in [5.41, 5.74) is 1.99. The van der Waals surface area contributed by atoms with E-state index < -0.39 is 17.3 Å². The van der Waals surface area contributed by atoms with Crippen LogP contribution in [0.4, 0.5) is 18.0 Å². The van der Waals surface area contributed by atoms with Gasteiger partial charge in [0.25, 0.3) is 0 Å². The van der Waals surface area contributed by atoms with Gasteiger partial charge in [-0.2, -0.15) is 13.2 Å². The summed E-state index contributed by atoms with van der Waals surface area (Å²) < 4.78 is 46.2. The first-order chi connectivity index (χ1) is 17.7. The normalized spacial score (nSPS) is 13.9. The minimum Gasteiger partial charge on any atom is -0.444 e. The molecule has 1 heterocycles. The summed E-state index contributed by atoms with van der Waals surface area (Å²) in [5.74, 6) is -0.187. The molecule has 1 aliphatic heterocycles. The van der Waals surface area contributed by atoms with Gasteiger partial charge in [0.2, 0.25) is 5.91 Å². The third kappa shape index (κ3) is 8.21. The zero-order valence-corrected chi connectivity index (χ0v) is 22.9. The lowest BCUT2D eigenvalue weighted by molar-refractivity contribution is -0.140. The molecule has 0 saturated carbocycles. The van der Waals surface area contributed by atoms with E-state index in [1.54, 1.807) is 11.0 Å². The van der Waals surface area contributed by atoms with Crippen molar-refractivity contribution >= 4 is 12.0 Å². The Balaban J connectivity index is 1.71. The van der Waals surface area contributed by atoms with Crippen LogP contribution in [0.25, 0.3) is 0 Å². The van der Waals surface area contributed by atoms with Crippen LogP contribution in [-0.4, -0.2) is 66.0 Å². The van der Waals surface area contributed by atoms with Crippen LogP contribution >= 0.6 is 0 Å². The van der Waals surface area contributed by atoms with Crippen molar-refractivity contribution in [1.82, 2.24) is 14.7 Å². The van der Waals surface area contributed by atoms with E-state index in [2.05, 4.69) is 0 Å². The second-order valence-electron chi connectivity index (χ2n) is 11.0. The van der Waals surface area contributed by atoms with Crippen LogP contribution in [0.3, 0.4) is 0 Å². The van der Waals surface area contributed by atoms with Crippen LogP contribution < -0.4 is 0 Å². The van der Waals surface area contributed by atoms with Gasteiger partial charge in [0.1, 0.15) is 5.60 Å². The highest BCUT2D eigenvalue weighted by Crippen LogP contribution is 2.32. The maximum atomic E-state index is 13.6. The van der Waals surface area contributed by atoms with Crippen molar-refractivity contribution in [2.75, 3.05) is 33.7 Å². The van der Waals surface area contributed by atoms with Gasteiger partial charge in [-0.3, -0.25) is 4.79 Å². The molecule has 38 heavy (non-hydrogen) atoms. The number of alkyl halides is 3. The number of nitrogens with zero attached hydrogens (tertiary/aromatic N) is 3. The molecular weight excluding hydrogens is 495 g/mol. The number of fused-ring (bicyclic) bond motifs is 1. The molecule has 2 aromatic rings. The Labute approximate surface area is 223 Å². The van der Waals surface area contributed by atoms with E-state index in [0.717, 1.165) is 22.8 Å². The molecule has 0 saturated heterocycles. The Morgan fingerprint density at radius 3 is 2.32 bits per heavy atom. The van der Waals surface area contributed by atoms with Crippen LogP contribution in [0.2, 0.25) is 0 Å². The first kappa shape index (κ1) is 29.5. The predicted molar refractivity (Wildman–Crippen MR) is 141 cm³/mol. The number of ether oxygens (including phenoxy) is 1. The van der Waals surface area contributed by atoms with Gasteiger partial charge in [-0.15, -0.1) is 0 Å². The largest absolute Gasteiger partial charge is 0.444 e. The fourth-order valence-electron chi connectivity index (χ4n) is 4.56. The molecule has 9 heteroatoms. The van der Waals surface area contributed by atoms with Crippen LogP contribution in [0.1, 0.15) is 55.0 Å². The minimum atomic E-state index is -4.48. The van der Waals surface area contributed by atoms with Crippen molar-refractivity contribution in [3.63, 3.8) is 0 Å². The van der Waals surface area contributed by atoms with E-state index in [1.807, 2.05) is 58.0 Å². The highest BCUT2D eigenvalue weighted by molar-refractivity contribution is 5.76. The molecule has 2 aromatic carbocycles. The maximum Gasteiger partial charge on any atom is 0.416 e. The van der Waals surface area contributed by atoms with Crippen LogP contribution in [0, 0.1) is 0 Å². The Kier molecular flexibility index (Phi) is 9.46. The first-order valence-electron chi connectivity index (χ1n) is 12.9. The number of benzene rings is 2. The highest BCUT2D eigenvalue weighted by atomic mass is 19.4. The number of halogens is 3. The monoisotopic (exact) mass is 533 g/mol. The molecule has 0 aliphatic carbocycles. The predicted octanol–water partition coefficient (Wildman–Crippen LogP) is 5.52. The second kappa shape index (κ2) is 12.2. The highest BCUT2D eigenvalue weighted by Gasteiger charge is 2.33. The smallest absolute Gasteiger partial charge is 0.416 e. The molecule has 208 valence electrons. The lowest BCUT2D eigenvalue weighted by atomic mass is 9.92. The molecule has 0 unspecified atom stereocenters. The molecule has 3 rings (SSSR count). The number of hydrogen-bond donors (Lipinski definition) is 0. The van der Waals surface area contributed by atoms with Gasteiger partial charge in [0.05, 0.1) is 5.56 Å². The molecule has 1 aliphatic rings. The zero-order chi connectivity index (χ0) is 28.1. The van der Waals surface area contributed by atoms with E-state index in [1.165, 1.54) is 17.0 Å². The number of carbonyl (C=O) groups is 2. The Hall–Kier alpha value is -3.07. The fourth-order valence-corrected chi connectivity index (χ4v) is 4.56. The molecule has 0 atom stereocenters. The Morgan fingerprint density at radius 1 is 0.974 bits per heavy atom. The van der Waals surface area contributed by atoms with Crippen LogP contribution in [0.5, 0.6) is 0 Å². The third-order valence-electron chi connectivity index (χ3n) is 6.48. The molecule has 0 aromatic heterocycles. The molecular formula is C29H38F3N3O3. The standard InChI is InChI=1S/C29H38F3N3O3/c1-28(2,3)38-27(37)35-16-15-24-21(10-8-11-22(24)19-35)13-14-26(36)34(18-17-33(4)5)20-23-9-6-7-12-25(23)29(30,31)32/h6-12H,13-20H2,1-5H3. The van der Waals surface area contributed by atoms with E-state index in [-0.39, 0.29) is 30.5 Å². The van der Waals surface area contributed by atoms with Crippen molar-refractivity contribution in [2.24, 2.45) is 0 Å². The molecule has 0 bridgehead atoms. The summed E-state index contributed by atoms with van der Waals surface area (Å²) in [5, 5.41) is 0. The van der Waals surface area contributed by atoms with Gasteiger partial charge in [-0.25, -0.2) is 4.79 Å². The van der Waals surface area contributed by atoms with Crippen molar-refractivity contribution in [3.8, 4) is 0 Å². The minimum absolute atomic E-state index is 0.0893. The summed E-state index contributed by atoms with van der Waals surface area (Å²) in [4.78, 5) is 30.9. The third-order valence-corrected chi connectivity index (χ3v) is 6.48. The topological polar surface area (TPSA) is 53.1 Å². The average Bonchev–Trinajstić information content (AvgIpc) is 2.83. The van der Waals surface area contributed by atoms with Crippen molar-refractivity contribution in [3.05, 3.63) is 70.3 Å². The SMILES string of the molecule is CN(C)CCN(Cc1ccccc1C(F)(F)F)C(=O)CCc1cccc2c1CCN(C(=O)OC(C)(C)C)C2.